The van der Waals surface area contributed by atoms with Crippen molar-refractivity contribution in [3.05, 3.63) is 0 Å². The maximum atomic E-state index is 5.00. The standard InChI is InChI=1S/C2H5Cl.ClH3Si/c1-2-3;1-2/h2H2,1H3;2H3. The number of hydrogen-bond acceptors (Lipinski definition) is 0. The van der Waals surface area contributed by atoms with Crippen LogP contribution in [0.2, 0.25) is 0 Å². The molecule has 0 aromatic rings. The molecule has 0 aliphatic carbocycles. The molecular weight excluding hydrogens is 123 g/mol. The molecule has 0 heterocycles. The summed E-state index contributed by atoms with van der Waals surface area (Å²) < 4.78 is 0. The number of alkyl halides is 1. The van der Waals surface area contributed by atoms with Crippen molar-refractivity contribution in [2.75, 3.05) is 5.88 Å². The molecule has 0 aromatic heterocycles. The molecule has 34 valence electrons. The summed E-state index contributed by atoms with van der Waals surface area (Å²) in [7, 11) is 0.778. The zero-order chi connectivity index (χ0) is 4.71. The van der Waals surface area contributed by atoms with E-state index in [4.69, 9.17) is 22.7 Å². The zero-order valence-electron chi connectivity index (χ0n) is 3.46. The lowest BCUT2D eigenvalue weighted by Gasteiger charge is -1.45. The summed E-state index contributed by atoms with van der Waals surface area (Å²) in [5.41, 5.74) is 0. The summed E-state index contributed by atoms with van der Waals surface area (Å²) in [4.78, 5) is 0. The van der Waals surface area contributed by atoms with Gasteiger partial charge in [-0.25, -0.2) is 0 Å². The molecule has 0 saturated carbocycles. The minimum atomic E-state index is 0.722. The summed E-state index contributed by atoms with van der Waals surface area (Å²) in [6, 6.07) is 0. The first-order valence-electron chi connectivity index (χ1n) is 1.35. The highest BCUT2D eigenvalue weighted by molar-refractivity contribution is 6.80. The molecule has 0 nitrogen and oxygen atoms in total. The minimum Gasteiger partial charge on any atom is -0.181 e. The van der Waals surface area contributed by atoms with Crippen LogP contribution in [0.5, 0.6) is 0 Å². The largest absolute Gasteiger partial charge is 0.181 e. The molecule has 3 heteroatoms. The molecule has 5 heavy (non-hydrogen) atoms. The Bertz CT molecular complexity index is 7.61. The summed E-state index contributed by atoms with van der Waals surface area (Å²) in [6.07, 6.45) is 0. The molecule has 0 saturated heterocycles. The van der Waals surface area contributed by atoms with E-state index < -0.39 is 0 Å². The van der Waals surface area contributed by atoms with E-state index in [2.05, 4.69) is 0 Å². The van der Waals surface area contributed by atoms with E-state index in [0.29, 0.717) is 0 Å². The van der Waals surface area contributed by atoms with Crippen LogP contribution in [-0.2, 0) is 0 Å². The predicted molar refractivity (Wildman–Crippen MR) is 32.2 cm³/mol. The Kier molecular flexibility index (Phi) is 39.6. The van der Waals surface area contributed by atoms with Crippen LogP contribution < -0.4 is 0 Å². The zero-order valence-corrected chi connectivity index (χ0v) is 6.97. The van der Waals surface area contributed by atoms with E-state index in [1.165, 1.54) is 0 Å². The number of halogens is 2. The molecule has 0 rings (SSSR count). The molecular formula is C2H8Cl2Si. The van der Waals surface area contributed by atoms with Crippen molar-refractivity contribution in [3.8, 4) is 0 Å². The fourth-order valence-electron chi connectivity index (χ4n) is 0. The number of hydrogen-bond donors (Lipinski definition) is 0. The van der Waals surface area contributed by atoms with Crippen molar-refractivity contribution in [1.82, 2.24) is 0 Å². The molecule has 0 radical (unpaired) electrons. The first-order chi connectivity index (χ1) is 2.41. The highest BCUT2D eigenvalue weighted by atomic mass is 35.6. The SMILES string of the molecule is CCCl.[SiH3]Cl. The lowest BCUT2D eigenvalue weighted by atomic mass is 11.0. The Morgan fingerprint density at radius 3 is 1.60 bits per heavy atom. The first-order valence-corrected chi connectivity index (χ1v) is 4.91. The van der Waals surface area contributed by atoms with Crippen molar-refractivity contribution in [3.63, 3.8) is 0 Å². The van der Waals surface area contributed by atoms with Gasteiger partial charge in [0.15, 0.2) is 0 Å². The monoisotopic (exact) mass is 130 g/mol. The van der Waals surface area contributed by atoms with Crippen LogP contribution in [0.15, 0.2) is 0 Å². The Morgan fingerprint density at radius 2 is 1.60 bits per heavy atom. The van der Waals surface area contributed by atoms with Crippen LogP contribution in [0.25, 0.3) is 0 Å². The second kappa shape index (κ2) is 21.4. The molecule has 0 aliphatic rings. The van der Waals surface area contributed by atoms with Crippen molar-refractivity contribution in [2.24, 2.45) is 0 Å². The second-order valence-corrected chi connectivity index (χ2v) is 0.802. The van der Waals surface area contributed by atoms with Gasteiger partial charge >= 0.3 is 0 Å². The Hall–Kier alpha value is 0.797. The third-order valence-corrected chi connectivity index (χ3v) is 0. The smallest absolute Gasteiger partial charge is 0.109 e. The van der Waals surface area contributed by atoms with Crippen LogP contribution in [0.3, 0.4) is 0 Å². The third kappa shape index (κ3) is 59.1. The van der Waals surface area contributed by atoms with E-state index in [0.717, 1.165) is 15.4 Å². The summed E-state index contributed by atoms with van der Waals surface area (Å²) in [6.45, 7) is 1.89. The van der Waals surface area contributed by atoms with Crippen molar-refractivity contribution < 1.29 is 0 Å². The van der Waals surface area contributed by atoms with Crippen molar-refractivity contribution in [1.29, 1.82) is 0 Å². The van der Waals surface area contributed by atoms with Crippen molar-refractivity contribution >= 4 is 32.2 Å². The van der Waals surface area contributed by atoms with Gasteiger partial charge in [0.05, 0.1) is 0 Å². The van der Waals surface area contributed by atoms with E-state index in [1.54, 1.807) is 0 Å². The fourth-order valence-corrected chi connectivity index (χ4v) is 0. The normalized spacial score (nSPS) is 5.40. The van der Waals surface area contributed by atoms with Gasteiger partial charge in [0.25, 0.3) is 0 Å². The van der Waals surface area contributed by atoms with Crippen LogP contribution in [0.1, 0.15) is 6.92 Å². The van der Waals surface area contributed by atoms with Gasteiger partial charge in [-0.3, -0.25) is 0 Å². The Labute approximate surface area is 45.6 Å². The van der Waals surface area contributed by atoms with Gasteiger partial charge in [0, 0.05) is 5.88 Å². The van der Waals surface area contributed by atoms with Gasteiger partial charge in [-0.15, -0.1) is 11.6 Å². The summed E-state index contributed by atoms with van der Waals surface area (Å²) >= 11 is 9.78. The quantitative estimate of drug-likeness (QED) is 0.258. The third-order valence-electron chi connectivity index (χ3n) is 0. The number of rotatable bonds is 0. The summed E-state index contributed by atoms with van der Waals surface area (Å²) in [5, 5.41) is 0. The molecule has 0 atom stereocenters. The molecule has 0 N–H and O–H groups in total. The van der Waals surface area contributed by atoms with Gasteiger partial charge in [-0.2, -0.15) is 11.1 Å². The average molecular weight is 131 g/mol. The molecule has 0 amide bonds. The maximum Gasteiger partial charge on any atom is 0.109 e. The van der Waals surface area contributed by atoms with Crippen LogP contribution in [0.4, 0.5) is 0 Å². The average Bonchev–Trinajstić information content (AvgIpc) is 1.46. The highest BCUT2D eigenvalue weighted by Crippen LogP contribution is 1.59. The molecule has 0 spiro atoms. The first kappa shape index (κ1) is 9.25. The van der Waals surface area contributed by atoms with E-state index in [-0.39, 0.29) is 0 Å². The predicted octanol–water partition coefficient (Wildman–Crippen LogP) is 0.751. The lowest BCUT2D eigenvalue weighted by molar-refractivity contribution is 1.51. The Balaban J connectivity index is 0. The maximum absolute atomic E-state index is 5.00. The van der Waals surface area contributed by atoms with Gasteiger partial charge in [0.2, 0.25) is 0 Å². The minimum absolute atomic E-state index is 0.722. The van der Waals surface area contributed by atoms with E-state index in [9.17, 15) is 0 Å². The highest BCUT2D eigenvalue weighted by Gasteiger charge is 1.38. The van der Waals surface area contributed by atoms with E-state index >= 15 is 0 Å². The molecule has 0 aromatic carbocycles. The van der Waals surface area contributed by atoms with Crippen LogP contribution in [-0.4, -0.2) is 15.4 Å². The molecule has 0 fully saturated rings. The van der Waals surface area contributed by atoms with Crippen molar-refractivity contribution in [2.45, 2.75) is 6.92 Å². The second-order valence-electron chi connectivity index (χ2n) is 0.267. The van der Waals surface area contributed by atoms with Gasteiger partial charge in [-0.1, -0.05) is 6.92 Å². The fraction of sp³-hybridized carbons (Fsp3) is 1.00. The van der Waals surface area contributed by atoms with Gasteiger partial charge in [-0.05, 0) is 0 Å². The lowest BCUT2D eigenvalue weighted by Crippen LogP contribution is -1.36. The molecule has 0 unspecified atom stereocenters. The van der Waals surface area contributed by atoms with Crippen LogP contribution >= 0.6 is 22.7 Å². The topological polar surface area (TPSA) is 0 Å². The molecule has 0 bridgehead atoms. The van der Waals surface area contributed by atoms with Crippen LogP contribution in [0, 0.1) is 0 Å². The Morgan fingerprint density at radius 1 is 1.60 bits per heavy atom. The van der Waals surface area contributed by atoms with E-state index in [1.807, 2.05) is 6.92 Å². The summed E-state index contributed by atoms with van der Waals surface area (Å²) in [5.74, 6) is 0.722. The molecule has 0 aliphatic heterocycles. The van der Waals surface area contributed by atoms with Gasteiger partial charge < -0.3 is 0 Å². The van der Waals surface area contributed by atoms with Gasteiger partial charge in [0.1, 0.15) is 9.55 Å².